The largest absolute Gasteiger partial charge is 0.369 e. The molecule has 0 radical (unpaired) electrons. The number of nitrogens with one attached hydrogen (secondary N) is 1. The molecule has 1 heterocycles. The van der Waals surface area contributed by atoms with Crippen molar-refractivity contribution in [3.05, 3.63) is 0 Å². The van der Waals surface area contributed by atoms with Crippen molar-refractivity contribution < 1.29 is 4.74 Å². The SMILES string of the molecule is CCP(=S)(SCSC(=S)C1CNCCO1)SC(C)(C)C. The van der Waals surface area contributed by atoms with E-state index in [0.717, 1.165) is 35.1 Å². The maximum Gasteiger partial charge on any atom is 0.111 e. The number of hydrogen-bond donors (Lipinski definition) is 1. The van der Waals surface area contributed by atoms with Crippen molar-refractivity contribution in [2.24, 2.45) is 0 Å². The minimum absolute atomic E-state index is 0.0825. The highest BCUT2D eigenvalue weighted by Crippen LogP contribution is 2.72. The molecule has 0 spiro atoms. The van der Waals surface area contributed by atoms with Gasteiger partial charge in [0.2, 0.25) is 0 Å². The minimum Gasteiger partial charge on any atom is -0.369 e. The topological polar surface area (TPSA) is 21.3 Å². The first-order valence-corrected chi connectivity index (χ1v) is 14.1. The Bertz CT molecular complexity index is 365. The summed E-state index contributed by atoms with van der Waals surface area (Å²) in [6.07, 6.45) is 1.17. The van der Waals surface area contributed by atoms with Crippen molar-refractivity contribution in [1.29, 1.82) is 0 Å². The van der Waals surface area contributed by atoms with Gasteiger partial charge in [0.1, 0.15) is 6.10 Å². The van der Waals surface area contributed by atoms with E-state index in [9.17, 15) is 0 Å². The van der Waals surface area contributed by atoms with Crippen LogP contribution in [0.4, 0.5) is 0 Å². The molecule has 20 heavy (non-hydrogen) atoms. The van der Waals surface area contributed by atoms with E-state index in [0.29, 0.717) is 0 Å². The fraction of sp³-hybridized carbons (Fsp3) is 0.917. The normalized spacial score (nSPS) is 23.3. The first-order valence-electron chi connectivity index (χ1n) is 6.69. The number of morpholine rings is 1. The Balaban J connectivity index is 2.37. The lowest BCUT2D eigenvalue weighted by molar-refractivity contribution is 0.0744. The van der Waals surface area contributed by atoms with Crippen molar-refractivity contribution >= 4 is 67.2 Å². The fourth-order valence-corrected chi connectivity index (χ4v) is 17.4. The van der Waals surface area contributed by atoms with Gasteiger partial charge in [0.25, 0.3) is 0 Å². The lowest BCUT2D eigenvalue weighted by atomic mass is 10.3. The third-order valence-corrected chi connectivity index (χ3v) is 16.7. The zero-order chi connectivity index (χ0) is 15.2. The number of rotatable bonds is 6. The predicted molar refractivity (Wildman–Crippen MR) is 107 cm³/mol. The molecule has 0 bridgehead atoms. The van der Waals surface area contributed by atoms with Crippen LogP contribution in [0.15, 0.2) is 0 Å². The van der Waals surface area contributed by atoms with Gasteiger partial charge in [-0.25, -0.2) is 0 Å². The third kappa shape index (κ3) is 7.82. The zero-order valence-corrected chi connectivity index (χ0v) is 17.5. The Morgan fingerprint density at radius 1 is 1.45 bits per heavy atom. The second-order valence-electron chi connectivity index (χ2n) is 5.40. The van der Waals surface area contributed by atoms with E-state index in [1.807, 2.05) is 22.8 Å². The molecule has 0 amide bonds. The number of ether oxygens (including phenoxy) is 1. The van der Waals surface area contributed by atoms with E-state index in [-0.39, 0.29) is 10.9 Å². The molecule has 118 valence electrons. The van der Waals surface area contributed by atoms with Crippen LogP contribution in [-0.2, 0) is 16.5 Å². The quantitative estimate of drug-likeness (QED) is 0.402. The Labute approximate surface area is 146 Å². The van der Waals surface area contributed by atoms with E-state index in [4.69, 9.17) is 28.8 Å². The molecule has 1 fully saturated rings. The molecular formula is C12H24NOPS5. The molecule has 1 N–H and O–H groups in total. The first kappa shape index (κ1) is 19.8. The first-order chi connectivity index (χ1) is 9.26. The van der Waals surface area contributed by atoms with E-state index in [1.54, 1.807) is 11.8 Å². The Kier molecular flexibility index (Phi) is 9.00. The number of thioether (sulfide) groups is 1. The monoisotopic (exact) mass is 389 g/mol. The van der Waals surface area contributed by atoms with Gasteiger partial charge in [-0.3, -0.25) is 0 Å². The molecule has 1 rings (SSSR count). The van der Waals surface area contributed by atoms with Gasteiger partial charge >= 0.3 is 0 Å². The summed E-state index contributed by atoms with van der Waals surface area (Å²) in [6.45, 7) is 11.5. The molecule has 0 aliphatic carbocycles. The molecule has 0 aromatic heterocycles. The summed E-state index contributed by atoms with van der Waals surface area (Å²) < 4.78 is 5.48. The van der Waals surface area contributed by atoms with E-state index in [2.05, 4.69) is 33.0 Å². The molecule has 0 aromatic rings. The molecule has 2 unspecified atom stereocenters. The molecule has 8 heteroatoms. The molecule has 0 saturated carbocycles. The lowest BCUT2D eigenvalue weighted by Crippen LogP contribution is -2.41. The van der Waals surface area contributed by atoms with Crippen LogP contribution in [-0.4, -0.2) is 46.0 Å². The van der Waals surface area contributed by atoms with Crippen molar-refractivity contribution in [1.82, 2.24) is 5.32 Å². The Morgan fingerprint density at radius 2 is 2.15 bits per heavy atom. The predicted octanol–water partition coefficient (Wildman–Crippen LogP) is 4.59. The second kappa shape index (κ2) is 9.11. The molecule has 1 saturated heterocycles. The van der Waals surface area contributed by atoms with Crippen LogP contribution in [0.3, 0.4) is 0 Å². The summed E-state index contributed by atoms with van der Waals surface area (Å²) in [6, 6.07) is 0. The van der Waals surface area contributed by atoms with Gasteiger partial charge in [-0.2, -0.15) is 0 Å². The molecule has 1 aliphatic rings. The summed E-state index contributed by atoms with van der Waals surface area (Å²) in [4.78, 5) is 0. The summed E-state index contributed by atoms with van der Waals surface area (Å²) in [5.41, 5.74) is 0. The summed E-state index contributed by atoms with van der Waals surface area (Å²) >= 11 is 17.0. The highest BCUT2D eigenvalue weighted by atomic mass is 33.2. The van der Waals surface area contributed by atoms with Gasteiger partial charge in [0.15, 0.2) is 0 Å². The molecule has 2 atom stereocenters. The van der Waals surface area contributed by atoms with Crippen molar-refractivity contribution in [2.75, 3.05) is 30.9 Å². The average Bonchev–Trinajstić information content (AvgIpc) is 2.37. The summed E-state index contributed by atoms with van der Waals surface area (Å²) in [7, 11) is 0. The highest BCUT2D eigenvalue weighted by Gasteiger charge is 2.25. The van der Waals surface area contributed by atoms with Crippen LogP contribution in [0.2, 0.25) is 0 Å². The maximum absolute atomic E-state index is 5.90. The smallest absolute Gasteiger partial charge is 0.111 e. The van der Waals surface area contributed by atoms with Crippen LogP contribution < -0.4 is 5.32 Å². The van der Waals surface area contributed by atoms with Gasteiger partial charge in [-0.05, 0) is 6.16 Å². The van der Waals surface area contributed by atoms with Crippen molar-refractivity contribution in [3.63, 3.8) is 0 Å². The van der Waals surface area contributed by atoms with Gasteiger partial charge in [-0.15, -0.1) is 34.5 Å². The average molecular weight is 390 g/mol. The second-order valence-corrected chi connectivity index (χ2v) is 20.3. The van der Waals surface area contributed by atoms with E-state index < -0.39 is 4.44 Å². The van der Waals surface area contributed by atoms with Gasteiger partial charge in [0, 0.05) is 17.8 Å². The maximum atomic E-state index is 5.90. The lowest BCUT2D eigenvalue weighted by Gasteiger charge is -2.28. The van der Waals surface area contributed by atoms with Crippen molar-refractivity contribution in [2.45, 2.75) is 38.5 Å². The Morgan fingerprint density at radius 3 is 2.65 bits per heavy atom. The van der Waals surface area contributed by atoms with E-state index in [1.165, 1.54) is 0 Å². The van der Waals surface area contributed by atoms with Crippen LogP contribution in [0, 0.1) is 0 Å². The number of hydrogen-bond acceptors (Lipinski definition) is 7. The zero-order valence-electron chi connectivity index (χ0n) is 12.5. The Hall–Kier alpha value is 1.71. The number of thiocarbonyl (C=S) groups is 1. The highest BCUT2D eigenvalue weighted by molar-refractivity contribution is 9.01. The van der Waals surface area contributed by atoms with Crippen molar-refractivity contribution in [3.8, 4) is 0 Å². The fourth-order valence-electron chi connectivity index (χ4n) is 1.57. The minimum atomic E-state index is -1.39. The van der Waals surface area contributed by atoms with Crippen LogP contribution in [0.5, 0.6) is 0 Å². The molecule has 0 aromatic carbocycles. The summed E-state index contributed by atoms with van der Waals surface area (Å²) in [5, 5.41) is 4.27. The van der Waals surface area contributed by atoms with Gasteiger partial charge in [-0.1, -0.05) is 51.7 Å². The standard InChI is InChI=1S/C12H24NOPS5/c1-5-15(17,20-12(2,3)4)19-9-18-11(16)10-8-13-6-7-14-10/h10,13H,5-9H2,1-4H3. The van der Waals surface area contributed by atoms with Gasteiger partial charge in [0.05, 0.1) is 20.3 Å². The summed E-state index contributed by atoms with van der Waals surface area (Å²) in [5.74, 6) is 0. The van der Waals surface area contributed by atoms with Crippen LogP contribution in [0.1, 0.15) is 27.7 Å². The molecular weight excluding hydrogens is 365 g/mol. The van der Waals surface area contributed by atoms with Crippen LogP contribution >= 0.6 is 51.2 Å². The third-order valence-electron chi connectivity index (χ3n) is 2.44. The molecule has 2 nitrogen and oxygen atoms in total. The van der Waals surface area contributed by atoms with Crippen LogP contribution in [0.25, 0.3) is 0 Å². The van der Waals surface area contributed by atoms with Gasteiger partial charge < -0.3 is 10.1 Å². The molecule has 1 aliphatic heterocycles. The van der Waals surface area contributed by atoms with E-state index >= 15 is 0 Å².